The Hall–Kier alpha value is -1.94. The number of nitrogens with zero attached hydrogens (tertiary/aromatic N) is 1. The molecule has 114 valence electrons. The number of rotatable bonds is 4. The number of carboxylic acids is 1. The second-order valence-electron chi connectivity index (χ2n) is 4.16. The Morgan fingerprint density at radius 1 is 1.48 bits per heavy atom. The molecular formula is C11H9F3N2O4S. The van der Waals surface area contributed by atoms with Crippen molar-refractivity contribution >= 4 is 27.5 Å². The highest BCUT2D eigenvalue weighted by Crippen LogP contribution is 2.26. The molecule has 0 amide bonds. The van der Waals surface area contributed by atoms with Crippen molar-refractivity contribution in [2.24, 2.45) is 0 Å². The zero-order valence-electron chi connectivity index (χ0n) is 10.6. The molecule has 0 bridgehead atoms. The first kappa shape index (κ1) is 15.4. The quantitative estimate of drug-likeness (QED) is 0.899. The molecule has 2 aromatic heterocycles. The van der Waals surface area contributed by atoms with Crippen molar-refractivity contribution in [2.45, 2.75) is 19.7 Å². The van der Waals surface area contributed by atoms with E-state index in [0.717, 1.165) is 11.3 Å². The lowest BCUT2D eigenvalue weighted by molar-refractivity contribution is -0.177. The van der Waals surface area contributed by atoms with Crippen molar-refractivity contribution in [1.82, 2.24) is 9.97 Å². The molecular weight excluding hydrogens is 313 g/mol. The number of hydrogen-bond donors (Lipinski definition) is 2. The second-order valence-corrected chi connectivity index (χ2v) is 5.16. The molecule has 2 N–H and O–H groups in total. The van der Waals surface area contributed by atoms with Gasteiger partial charge < -0.3 is 14.8 Å². The number of H-pyrrole nitrogens is 1. The summed E-state index contributed by atoms with van der Waals surface area (Å²) in [4.78, 5) is 29.2. The van der Waals surface area contributed by atoms with Crippen molar-refractivity contribution in [3.63, 3.8) is 0 Å². The van der Waals surface area contributed by atoms with Crippen LogP contribution in [0.1, 0.15) is 21.1 Å². The molecule has 0 spiro atoms. The predicted molar refractivity (Wildman–Crippen MR) is 67.6 cm³/mol. The topological polar surface area (TPSA) is 92.3 Å². The number of carboxylic acid groups (broad SMARTS) is 1. The first-order chi connectivity index (χ1) is 9.69. The third-order valence-electron chi connectivity index (χ3n) is 2.55. The summed E-state index contributed by atoms with van der Waals surface area (Å²) in [6.07, 6.45) is -4.47. The molecule has 0 aliphatic carbocycles. The molecule has 0 saturated carbocycles. The van der Waals surface area contributed by atoms with Crippen molar-refractivity contribution in [3.8, 4) is 0 Å². The van der Waals surface area contributed by atoms with Gasteiger partial charge in [-0.05, 0) is 12.5 Å². The van der Waals surface area contributed by atoms with Gasteiger partial charge in [0, 0.05) is 0 Å². The van der Waals surface area contributed by atoms with Crippen LogP contribution in [0.3, 0.4) is 0 Å². The van der Waals surface area contributed by atoms with E-state index in [1.165, 1.54) is 6.92 Å². The number of fused-ring (bicyclic) bond motifs is 1. The van der Waals surface area contributed by atoms with Gasteiger partial charge in [0.25, 0.3) is 5.56 Å². The van der Waals surface area contributed by atoms with Gasteiger partial charge in [-0.2, -0.15) is 13.2 Å². The molecule has 0 atom stereocenters. The fourth-order valence-electron chi connectivity index (χ4n) is 1.72. The summed E-state index contributed by atoms with van der Waals surface area (Å²) < 4.78 is 40.3. The van der Waals surface area contributed by atoms with Gasteiger partial charge in [-0.3, -0.25) is 4.79 Å². The van der Waals surface area contributed by atoms with E-state index in [1.54, 1.807) is 0 Å². The number of carbonyl (C=O) groups is 1. The van der Waals surface area contributed by atoms with Crippen LogP contribution in [0, 0.1) is 6.92 Å². The van der Waals surface area contributed by atoms with Crippen molar-refractivity contribution in [3.05, 3.63) is 26.6 Å². The van der Waals surface area contributed by atoms with E-state index < -0.39 is 30.9 Å². The molecule has 0 radical (unpaired) electrons. The van der Waals surface area contributed by atoms with E-state index in [2.05, 4.69) is 14.7 Å². The predicted octanol–water partition coefficient (Wildman–Crippen LogP) is 2.07. The molecule has 2 aromatic rings. The maximum absolute atomic E-state index is 12.0. The molecule has 0 aliphatic rings. The largest absolute Gasteiger partial charge is 0.477 e. The molecule has 21 heavy (non-hydrogen) atoms. The van der Waals surface area contributed by atoms with Crippen LogP contribution in [0.15, 0.2) is 4.79 Å². The number of alkyl halides is 3. The molecule has 0 fully saturated rings. The highest BCUT2D eigenvalue weighted by atomic mass is 32.1. The Kier molecular flexibility index (Phi) is 4.01. The maximum Gasteiger partial charge on any atom is 0.411 e. The highest BCUT2D eigenvalue weighted by Gasteiger charge is 2.27. The number of ether oxygens (including phenoxy) is 1. The molecule has 0 aromatic carbocycles. The first-order valence-electron chi connectivity index (χ1n) is 5.59. The lowest BCUT2D eigenvalue weighted by Crippen LogP contribution is -2.18. The van der Waals surface area contributed by atoms with Gasteiger partial charge in [0.15, 0.2) is 0 Å². The average molecular weight is 322 g/mol. The first-order valence-corrected chi connectivity index (χ1v) is 6.41. The number of aromatic amines is 1. The third kappa shape index (κ3) is 3.39. The Labute approximate surface area is 119 Å². The van der Waals surface area contributed by atoms with E-state index in [1.807, 2.05) is 0 Å². The molecule has 6 nitrogen and oxygen atoms in total. The van der Waals surface area contributed by atoms with Crippen LogP contribution < -0.4 is 5.56 Å². The number of aromatic carboxylic acids is 1. The summed E-state index contributed by atoms with van der Waals surface area (Å²) in [7, 11) is 0. The lowest BCUT2D eigenvalue weighted by atomic mass is 10.2. The molecule has 2 heterocycles. The Morgan fingerprint density at radius 3 is 2.71 bits per heavy atom. The van der Waals surface area contributed by atoms with Crippen LogP contribution in [0.2, 0.25) is 0 Å². The van der Waals surface area contributed by atoms with Crippen molar-refractivity contribution < 1.29 is 27.8 Å². The summed E-state index contributed by atoms with van der Waals surface area (Å²) in [5.74, 6) is -1.28. The van der Waals surface area contributed by atoms with Crippen LogP contribution in [0.5, 0.6) is 0 Å². The Bertz CT molecular complexity index is 750. The summed E-state index contributed by atoms with van der Waals surface area (Å²) >= 11 is 0.791. The molecule has 0 unspecified atom stereocenters. The normalized spacial score (nSPS) is 12.0. The van der Waals surface area contributed by atoms with Gasteiger partial charge in [-0.15, -0.1) is 11.3 Å². The van der Waals surface area contributed by atoms with Crippen molar-refractivity contribution in [2.75, 3.05) is 6.61 Å². The van der Waals surface area contributed by atoms with Gasteiger partial charge in [0.1, 0.15) is 28.7 Å². The lowest BCUT2D eigenvalue weighted by Gasteiger charge is -2.06. The maximum atomic E-state index is 12.0. The smallest absolute Gasteiger partial charge is 0.411 e. The van der Waals surface area contributed by atoms with Crippen LogP contribution in [0.25, 0.3) is 10.2 Å². The SMILES string of the molecule is Cc1c(C(=O)O)sc2nc(COCC(F)(F)F)[nH]c(=O)c12. The Morgan fingerprint density at radius 2 is 2.14 bits per heavy atom. The van der Waals surface area contributed by atoms with Gasteiger partial charge in [-0.25, -0.2) is 9.78 Å². The zero-order chi connectivity index (χ0) is 15.8. The number of thiophene rings is 1. The minimum Gasteiger partial charge on any atom is -0.477 e. The van der Waals surface area contributed by atoms with Gasteiger partial charge in [0.05, 0.1) is 5.39 Å². The van der Waals surface area contributed by atoms with E-state index in [9.17, 15) is 22.8 Å². The number of nitrogens with one attached hydrogen (secondary N) is 1. The van der Waals surface area contributed by atoms with Crippen LogP contribution in [-0.4, -0.2) is 33.8 Å². The van der Waals surface area contributed by atoms with E-state index in [0.29, 0.717) is 0 Å². The van der Waals surface area contributed by atoms with Gasteiger partial charge in [0.2, 0.25) is 0 Å². The molecule has 0 aliphatic heterocycles. The number of aromatic nitrogens is 2. The Balaban J connectivity index is 2.33. The number of aryl methyl sites for hydroxylation is 1. The number of hydrogen-bond acceptors (Lipinski definition) is 5. The minimum absolute atomic E-state index is 0.0311. The molecule has 2 rings (SSSR count). The van der Waals surface area contributed by atoms with Gasteiger partial charge in [-0.1, -0.05) is 0 Å². The fraction of sp³-hybridized carbons (Fsp3) is 0.364. The summed E-state index contributed by atoms with van der Waals surface area (Å²) in [6, 6.07) is 0. The van der Waals surface area contributed by atoms with Crippen LogP contribution in [0.4, 0.5) is 13.2 Å². The molecule has 10 heteroatoms. The minimum atomic E-state index is -4.47. The van der Waals surface area contributed by atoms with E-state index >= 15 is 0 Å². The van der Waals surface area contributed by atoms with Crippen LogP contribution >= 0.6 is 11.3 Å². The van der Waals surface area contributed by atoms with Crippen LogP contribution in [-0.2, 0) is 11.3 Å². The van der Waals surface area contributed by atoms with Gasteiger partial charge >= 0.3 is 12.1 Å². The third-order valence-corrected chi connectivity index (χ3v) is 3.72. The zero-order valence-corrected chi connectivity index (χ0v) is 11.4. The standard InChI is InChI=1S/C11H9F3N2O4S/c1-4-6-8(17)15-5(2-20-3-11(12,13)14)16-9(6)21-7(4)10(18)19/h2-3H2,1H3,(H,18,19)(H,15,16,17). The second kappa shape index (κ2) is 5.45. The summed E-state index contributed by atoms with van der Waals surface area (Å²) in [5, 5.41) is 9.10. The average Bonchev–Trinajstić information content (AvgIpc) is 2.65. The van der Waals surface area contributed by atoms with E-state index in [4.69, 9.17) is 5.11 Å². The monoisotopic (exact) mass is 322 g/mol. The van der Waals surface area contributed by atoms with Crippen molar-refractivity contribution in [1.29, 1.82) is 0 Å². The number of halogens is 3. The summed E-state index contributed by atoms with van der Waals surface area (Å²) in [6.45, 7) is -0.512. The summed E-state index contributed by atoms with van der Waals surface area (Å²) in [5.41, 5.74) is -0.328. The highest BCUT2D eigenvalue weighted by molar-refractivity contribution is 7.20. The van der Waals surface area contributed by atoms with E-state index in [-0.39, 0.29) is 26.5 Å². The molecule has 0 saturated heterocycles. The fourth-order valence-corrected chi connectivity index (χ4v) is 2.76.